The first-order valence-corrected chi connectivity index (χ1v) is 7.39. The Balaban J connectivity index is 4.97. The molecule has 0 spiro atoms. The van der Waals surface area contributed by atoms with E-state index in [-0.39, 0.29) is 13.2 Å². The molecule has 0 saturated carbocycles. The van der Waals surface area contributed by atoms with E-state index in [1.54, 1.807) is 13.8 Å². The summed E-state index contributed by atoms with van der Waals surface area (Å²) in [5.41, 5.74) is -1.45. The number of unbranched alkanes of at least 4 members (excludes halogenated alkanes) is 1. The molecule has 0 fully saturated rings. The summed E-state index contributed by atoms with van der Waals surface area (Å²) < 4.78 is 0. The van der Waals surface area contributed by atoms with Gasteiger partial charge in [-0.2, -0.15) is 0 Å². The molecule has 0 heterocycles. The van der Waals surface area contributed by atoms with Crippen LogP contribution in [0, 0.1) is 10.8 Å². The number of aliphatic hydroxyl groups is 4. The van der Waals surface area contributed by atoms with Crippen LogP contribution >= 0.6 is 0 Å². The van der Waals surface area contributed by atoms with Gasteiger partial charge >= 0.3 is 0 Å². The Morgan fingerprint density at radius 1 is 0.789 bits per heavy atom. The van der Waals surface area contributed by atoms with Gasteiger partial charge in [0.25, 0.3) is 0 Å². The Labute approximate surface area is 117 Å². The zero-order valence-electron chi connectivity index (χ0n) is 12.9. The molecule has 4 atom stereocenters. The van der Waals surface area contributed by atoms with Crippen LogP contribution in [0.2, 0.25) is 0 Å². The highest BCUT2D eigenvalue weighted by molar-refractivity contribution is 4.94. The van der Waals surface area contributed by atoms with Crippen LogP contribution in [0.25, 0.3) is 0 Å². The van der Waals surface area contributed by atoms with Crippen molar-refractivity contribution in [2.24, 2.45) is 10.8 Å². The lowest BCUT2D eigenvalue weighted by molar-refractivity contribution is -0.139. The number of rotatable bonds is 10. The Kier molecular flexibility index (Phi) is 8.13. The van der Waals surface area contributed by atoms with E-state index in [4.69, 9.17) is 0 Å². The molecule has 0 radical (unpaired) electrons. The van der Waals surface area contributed by atoms with E-state index in [1.807, 2.05) is 6.92 Å². The summed E-state index contributed by atoms with van der Waals surface area (Å²) >= 11 is 0. The van der Waals surface area contributed by atoms with Crippen LogP contribution in [-0.4, -0.2) is 45.8 Å². The highest BCUT2D eigenvalue weighted by Crippen LogP contribution is 2.37. The molecule has 0 bridgehead atoms. The van der Waals surface area contributed by atoms with Gasteiger partial charge in [0, 0.05) is 10.8 Å². The van der Waals surface area contributed by atoms with Crippen molar-refractivity contribution < 1.29 is 20.4 Å². The van der Waals surface area contributed by atoms with Gasteiger partial charge in [-0.15, -0.1) is 0 Å². The zero-order chi connectivity index (χ0) is 15.1. The molecule has 4 N–H and O–H groups in total. The fourth-order valence-corrected chi connectivity index (χ4v) is 2.55. The molecule has 4 heteroatoms. The minimum atomic E-state index is -1.04. The second kappa shape index (κ2) is 8.20. The first kappa shape index (κ1) is 18.8. The van der Waals surface area contributed by atoms with Gasteiger partial charge in [0.05, 0.1) is 25.4 Å². The van der Waals surface area contributed by atoms with Crippen molar-refractivity contribution in [2.75, 3.05) is 13.2 Å². The summed E-state index contributed by atoms with van der Waals surface area (Å²) in [5.74, 6) is 0. The average Bonchev–Trinajstić information content (AvgIpc) is 2.43. The number of hydrogen-bond acceptors (Lipinski definition) is 4. The second-order valence-electron chi connectivity index (χ2n) is 6.37. The van der Waals surface area contributed by atoms with Crippen LogP contribution in [-0.2, 0) is 0 Å². The molecule has 0 aliphatic rings. The molecule has 0 aromatic carbocycles. The van der Waals surface area contributed by atoms with Crippen molar-refractivity contribution in [3.05, 3.63) is 0 Å². The van der Waals surface area contributed by atoms with Crippen molar-refractivity contribution in [2.45, 2.75) is 72.0 Å². The molecular weight excluding hydrogens is 244 g/mol. The summed E-state index contributed by atoms with van der Waals surface area (Å²) in [7, 11) is 0. The summed E-state index contributed by atoms with van der Waals surface area (Å²) in [6.45, 7) is 7.26. The monoisotopic (exact) mass is 276 g/mol. The molecule has 4 unspecified atom stereocenters. The summed E-state index contributed by atoms with van der Waals surface area (Å²) in [6.07, 6.45) is 1.92. The van der Waals surface area contributed by atoms with Gasteiger partial charge in [0.15, 0.2) is 0 Å². The molecule has 4 nitrogen and oxygen atoms in total. The Bertz CT molecular complexity index is 246. The molecule has 0 rings (SSSR count). The van der Waals surface area contributed by atoms with Gasteiger partial charge in [0.2, 0.25) is 0 Å². The van der Waals surface area contributed by atoms with Crippen molar-refractivity contribution in [1.82, 2.24) is 0 Å². The highest BCUT2D eigenvalue weighted by atomic mass is 16.3. The molecule has 0 amide bonds. The third-order valence-corrected chi connectivity index (χ3v) is 4.37. The Morgan fingerprint density at radius 3 is 1.53 bits per heavy atom. The third kappa shape index (κ3) is 4.71. The predicted molar refractivity (Wildman–Crippen MR) is 76.8 cm³/mol. The van der Waals surface area contributed by atoms with Crippen molar-refractivity contribution in [3.8, 4) is 0 Å². The standard InChI is InChI=1S/C15H32O4/c1-5-7-9-15(4,11-17)13(19)12(18)14(3,10-16)8-6-2/h12-13,16-19H,5-11H2,1-4H3. The Hall–Kier alpha value is -0.160. The van der Waals surface area contributed by atoms with Crippen molar-refractivity contribution in [3.63, 3.8) is 0 Å². The molecule has 116 valence electrons. The summed E-state index contributed by atoms with van der Waals surface area (Å²) in [5, 5.41) is 39.9. The van der Waals surface area contributed by atoms with Crippen LogP contribution in [0.1, 0.15) is 59.8 Å². The summed E-state index contributed by atoms with van der Waals surface area (Å²) in [4.78, 5) is 0. The van der Waals surface area contributed by atoms with Crippen LogP contribution < -0.4 is 0 Å². The third-order valence-electron chi connectivity index (χ3n) is 4.37. The molecule has 0 aromatic rings. The van der Waals surface area contributed by atoms with Gasteiger partial charge in [-0.3, -0.25) is 0 Å². The van der Waals surface area contributed by atoms with Crippen LogP contribution in [0.15, 0.2) is 0 Å². The minimum absolute atomic E-state index is 0.168. The number of aliphatic hydroxyl groups excluding tert-OH is 4. The van der Waals surface area contributed by atoms with Crippen LogP contribution in [0.3, 0.4) is 0 Å². The van der Waals surface area contributed by atoms with E-state index < -0.39 is 23.0 Å². The maximum absolute atomic E-state index is 10.4. The minimum Gasteiger partial charge on any atom is -0.396 e. The van der Waals surface area contributed by atoms with Gasteiger partial charge in [-0.1, -0.05) is 47.0 Å². The van der Waals surface area contributed by atoms with Gasteiger partial charge < -0.3 is 20.4 Å². The second-order valence-corrected chi connectivity index (χ2v) is 6.37. The summed E-state index contributed by atoms with van der Waals surface area (Å²) in [6, 6.07) is 0. The quantitative estimate of drug-likeness (QED) is 0.489. The fraction of sp³-hybridized carbons (Fsp3) is 1.00. The Morgan fingerprint density at radius 2 is 1.21 bits per heavy atom. The fourth-order valence-electron chi connectivity index (χ4n) is 2.55. The van der Waals surface area contributed by atoms with Gasteiger partial charge in [-0.25, -0.2) is 0 Å². The lowest BCUT2D eigenvalue weighted by Gasteiger charge is -2.42. The molecular formula is C15H32O4. The smallest absolute Gasteiger partial charge is 0.0880 e. The van der Waals surface area contributed by atoms with Gasteiger partial charge in [-0.05, 0) is 12.8 Å². The molecule has 0 aromatic heterocycles. The molecule has 0 aliphatic heterocycles. The van der Waals surface area contributed by atoms with E-state index in [2.05, 4.69) is 6.92 Å². The topological polar surface area (TPSA) is 80.9 Å². The first-order chi connectivity index (χ1) is 8.81. The molecule has 0 aliphatic carbocycles. The zero-order valence-corrected chi connectivity index (χ0v) is 12.9. The first-order valence-electron chi connectivity index (χ1n) is 7.39. The largest absolute Gasteiger partial charge is 0.396 e. The lowest BCUT2D eigenvalue weighted by atomic mass is 9.69. The van der Waals surface area contributed by atoms with Crippen molar-refractivity contribution >= 4 is 0 Å². The number of hydrogen-bond donors (Lipinski definition) is 4. The van der Waals surface area contributed by atoms with Crippen molar-refractivity contribution in [1.29, 1.82) is 0 Å². The van der Waals surface area contributed by atoms with Gasteiger partial charge in [0.1, 0.15) is 0 Å². The van der Waals surface area contributed by atoms with Crippen LogP contribution in [0.5, 0.6) is 0 Å². The van der Waals surface area contributed by atoms with E-state index in [0.717, 1.165) is 19.3 Å². The maximum Gasteiger partial charge on any atom is 0.0880 e. The SMILES string of the molecule is CCCCC(C)(CO)C(O)C(O)C(C)(CO)CCC. The predicted octanol–water partition coefficient (Wildman–Crippen LogP) is 1.70. The van der Waals surface area contributed by atoms with E-state index in [0.29, 0.717) is 12.8 Å². The average molecular weight is 276 g/mol. The normalized spacial score (nSPS) is 21.5. The highest BCUT2D eigenvalue weighted by Gasteiger charge is 2.44. The maximum atomic E-state index is 10.4. The molecule has 19 heavy (non-hydrogen) atoms. The lowest BCUT2D eigenvalue weighted by Crippen LogP contribution is -2.52. The van der Waals surface area contributed by atoms with E-state index >= 15 is 0 Å². The van der Waals surface area contributed by atoms with E-state index in [1.165, 1.54) is 0 Å². The molecule has 0 saturated heterocycles. The van der Waals surface area contributed by atoms with E-state index in [9.17, 15) is 20.4 Å². The van der Waals surface area contributed by atoms with Crippen LogP contribution in [0.4, 0.5) is 0 Å².